The number of benzene rings is 1. The first-order chi connectivity index (χ1) is 11.6. The molecule has 2 atom stereocenters. The molecule has 0 bridgehead atoms. The first kappa shape index (κ1) is 16.6. The summed E-state index contributed by atoms with van der Waals surface area (Å²) in [5.41, 5.74) is 0.810. The molecule has 10 heteroatoms. The van der Waals surface area contributed by atoms with Gasteiger partial charge in [0.15, 0.2) is 0 Å². The molecular weight excluding hydrogens is 336 g/mol. The van der Waals surface area contributed by atoms with Crippen LogP contribution >= 0.6 is 11.6 Å². The number of halogens is 1. The largest absolute Gasteiger partial charge is 0.496 e. The summed E-state index contributed by atoms with van der Waals surface area (Å²) >= 11 is 6.24. The van der Waals surface area contributed by atoms with Crippen LogP contribution in [-0.4, -0.2) is 64.1 Å². The third-order valence-electron chi connectivity index (χ3n) is 3.94. The molecule has 9 nitrogen and oxygen atoms in total. The highest BCUT2D eigenvalue weighted by Crippen LogP contribution is 2.29. The van der Waals surface area contributed by atoms with Crippen molar-refractivity contribution in [2.24, 2.45) is 5.92 Å². The summed E-state index contributed by atoms with van der Waals surface area (Å²) in [6, 6.07) is 3.11. The fraction of sp³-hybridized carbons (Fsp3) is 0.429. The minimum Gasteiger partial charge on any atom is -0.496 e. The molecule has 0 aliphatic carbocycles. The van der Waals surface area contributed by atoms with Crippen molar-refractivity contribution >= 4 is 17.5 Å². The number of aliphatic hydroxyl groups is 1. The summed E-state index contributed by atoms with van der Waals surface area (Å²) in [7, 11) is 1.47. The van der Waals surface area contributed by atoms with Crippen molar-refractivity contribution in [3.05, 3.63) is 29.0 Å². The highest BCUT2D eigenvalue weighted by atomic mass is 35.5. The molecule has 0 saturated carbocycles. The summed E-state index contributed by atoms with van der Waals surface area (Å²) in [5, 5.41) is 26.9. The fourth-order valence-corrected chi connectivity index (χ4v) is 2.83. The number of carbonyl (C=O) groups is 1. The van der Waals surface area contributed by atoms with E-state index in [1.54, 1.807) is 6.07 Å². The van der Waals surface area contributed by atoms with E-state index in [2.05, 4.69) is 26.2 Å². The van der Waals surface area contributed by atoms with Crippen LogP contribution in [0.5, 0.6) is 5.75 Å². The average molecular weight is 353 g/mol. The minimum absolute atomic E-state index is 0.0177. The number of aromatic nitrogens is 4. The zero-order chi connectivity index (χ0) is 17.1. The highest BCUT2D eigenvalue weighted by molar-refractivity contribution is 6.33. The fourth-order valence-electron chi connectivity index (χ4n) is 2.58. The lowest BCUT2D eigenvalue weighted by Gasteiger charge is -2.16. The van der Waals surface area contributed by atoms with E-state index in [1.807, 2.05) is 0 Å². The van der Waals surface area contributed by atoms with Gasteiger partial charge in [-0.2, -0.15) is 4.68 Å². The average Bonchev–Trinajstić information content (AvgIpc) is 3.24. The Hall–Kier alpha value is -2.23. The molecule has 1 aromatic carbocycles. The lowest BCUT2D eigenvalue weighted by atomic mass is 10.1. The Morgan fingerprint density at radius 3 is 3.00 bits per heavy atom. The molecule has 1 aliphatic heterocycles. The third-order valence-corrected chi connectivity index (χ3v) is 4.24. The van der Waals surface area contributed by atoms with Gasteiger partial charge in [-0.1, -0.05) is 11.6 Å². The molecule has 1 saturated heterocycles. The number of carbonyl (C=O) groups excluding carboxylic acids is 1. The Kier molecular flexibility index (Phi) is 4.93. The van der Waals surface area contributed by atoms with Gasteiger partial charge in [0, 0.05) is 31.6 Å². The Morgan fingerprint density at radius 2 is 2.38 bits per heavy atom. The number of nitrogens with zero attached hydrogens (tertiary/aromatic N) is 4. The zero-order valence-electron chi connectivity index (χ0n) is 12.9. The number of hydrogen-bond donors (Lipinski definition) is 3. The molecule has 1 amide bonds. The molecule has 128 valence electrons. The second-order valence-electron chi connectivity index (χ2n) is 5.45. The number of hydrogen-bond acceptors (Lipinski definition) is 7. The Morgan fingerprint density at radius 1 is 1.54 bits per heavy atom. The number of amides is 1. The van der Waals surface area contributed by atoms with Gasteiger partial charge in [-0.05, 0) is 16.5 Å². The molecule has 2 unspecified atom stereocenters. The highest BCUT2D eigenvalue weighted by Gasteiger charge is 2.26. The van der Waals surface area contributed by atoms with E-state index in [4.69, 9.17) is 16.3 Å². The first-order valence-corrected chi connectivity index (χ1v) is 7.76. The smallest absolute Gasteiger partial charge is 0.255 e. The first-order valence-electron chi connectivity index (χ1n) is 7.38. The van der Waals surface area contributed by atoms with Crippen LogP contribution < -0.4 is 15.4 Å². The number of nitrogens with one attached hydrogen (secondary N) is 2. The minimum atomic E-state index is -0.460. The van der Waals surface area contributed by atoms with E-state index in [0.717, 1.165) is 0 Å². The van der Waals surface area contributed by atoms with Gasteiger partial charge in [0.1, 0.15) is 12.1 Å². The van der Waals surface area contributed by atoms with Crippen LogP contribution in [0.2, 0.25) is 5.02 Å². The number of methoxy groups -OCH3 is 1. The summed E-state index contributed by atoms with van der Waals surface area (Å²) < 4.78 is 6.67. The topological polar surface area (TPSA) is 114 Å². The van der Waals surface area contributed by atoms with Gasteiger partial charge in [0.05, 0.1) is 29.5 Å². The molecule has 0 spiro atoms. The summed E-state index contributed by atoms with van der Waals surface area (Å²) in [6.07, 6.45) is 0.937. The lowest BCUT2D eigenvalue weighted by molar-refractivity contribution is 0.0924. The van der Waals surface area contributed by atoms with Crippen LogP contribution in [0.15, 0.2) is 18.5 Å². The molecule has 0 radical (unpaired) electrons. The van der Waals surface area contributed by atoms with Crippen LogP contribution in [-0.2, 0) is 0 Å². The van der Waals surface area contributed by atoms with Crippen LogP contribution in [0.1, 0.15) is 10.4 Å². The molecule has 2 aromatic rings. The van der Waals surface area contributed by atoms with E-state index < -0.39 is 6.10 Å². The van der Waals surface area contributed by atoms with Crippen molar-refractivity contribution < 1.29 is 14.6 Å². The van der Waals surface area contributed by atoms with Crippen LogP contribution in [0.3, 0.4) is 0 Å². The molecule has 3 rings (SSSR count). The zero-order valence-corrected chi connectivity index (χ0v) is 13.7. The predicted molar refractivity (Wildman–Crippen MR) is 85.4 cm³/mol. The summed E-state index contributed by atoms with van der Waals surface area (Å²) in [6.45, 7) is 1.57. The summed E-state index contributed by atoms with van der Waals surface area (Å²) in [4.78, 5) is 12.4. The van der Waals surface area contributed by atoms with Crippen molar-refractivity contribution in [2.45, 2.75) is 6.10 Å². The van der Waals surface area contributed by atoms with E-state index >= 15 is 0 Å². The van der Waals surface area contributed by atoms with Gasteiger partial charge in [0.25, 0.3) is 5.91 Å². The molecular formula is C14H17ClN6O3. The van der Waals surface area contributed by atoms with Gasteiger partial charge in [-0.3, -0.25) is 4.79 Å². The Labute approximate surface area is 142 Å². The van der Waals surface area contributed by atoms with Crippen LogP contribution in [0, 0.1) is 5.92 Å². The van der Waals surface area contributed by atoms with Gasteiger partial charge < -0.3 is 20.5 Å². The van der Waals surface area contributed by atoms with Crippen molar-refractivity contribution in [1.82, 2.24) is 30.8 Å². The number of tetrazole rings is 1. The number of ether oxygens (including phenoxy) is 1. The van der Waals surface area contributed by atoms with Crippen molar-refractivity contribution in [3.8, 4) is 11.4 Å². The molecule has 1 aromatic heterocycles. The lowest BCUT2D eigenvalue weighted by Crippen LogP contribution is -2.34. The summed E-state index contributed by atoms with van der Waals surface area (Å²) in [5.74, 6) is 0.0134. The van der Waals surface area contributed by atoms with E-state index in [0.29, 0.717) is 41.7 Å². The normalized spacial score (nSPS) is 20.1. The molecule has 2 heterocycles. The maximum absolute atomic E-state index is 12.4. The molecule has 1 aliphatic rings. The molecule has 24 heavy (non-hydrogen) atoms. The monoisotopic (exact) mass is 352 g/mol. The Bertz CT molecular complexity index is 724. The quantitative estimate of drug-likeness (QED) is 0.673. The van der Waals surface area contributed by atoms with Crippen LogP contribution in [0.4, 0.5) is 0 Å². The molecule has 3 N–H and O–H groups in total. The number of aliphatic hydroxyl groups excluding tert-OH is 1. The van der Waals surface area contributed by atoms with Crippen LogP contribution in [0.25, 0.3) is 5.69 Å². The van der Waals surface area contributed by atoms with E-state index in [-0.39, 0.29) is 11.8 Å². The standard InChI is InChI=1S/C14H17ClN6O3/c1-24-13-3-11(21-7-18-19-20-21)10(15)2-9(13)14(23)17-5-8-4-16-6-12(8)22/h2-3,7-8,12,16,22H,4-6H2,1H3,(H,17,23). The Balaban J connectivity index is 1.79. The number of rotatable bonds is 5. The van der Waals surface area contributed by atoms with Crippen molar-refractivity contribution in [1.29, 1.82) is 0 Å². The van der Waals surface area contributed by atoms with Gasteiger partial charge in [0.2, 0.25) is 0 Å². The van der Waals surface area contributed by atoms with Crippen molar-refractivity contribution in [2.75, 3.05) is 26.7 Å². The SMILES string of the molecule is COc1cc(-n2cnnn2)c(Cl)cc1C(=O)NCC1CNCC1O. The maximum atomic E-state index is 12.4. The predicted octanol–water partition coefficient (Wildman–Crippen LogP) is -0.366. The maximum Gasteiger partial charge on any atom is 0.255 e. The van der Waals surface area contributed by atoms with E-state index in [1.165, 1.54) is 24.2 Å². The second kappa shape index (κ2) is 7.12. The van der Waals surface area contributed by atoms with E-state index in [9.17, 15) is 9.90 Å². The van der Waals surface area contributed by atoms with Gasteiger partial charge in [-0.25, -0.2) is 0 Å². The third kappa shape index (κ3) is 3.32. The van der Waals surface area contributed by atoms with Gasteiger partial charge in [-0.15, -0.1) is 5.10 Å². The number of β-amino-alcohol motifs (C(OH)–C–C–N with tert-alkyl or cyclic N) is 1. The second-order valence-corrected chi connectivity index (χ2v) is 5.86. The molecule has 1 fully saturated rings. The van der Waals surface area contributed by atoms with Crippen molar-refractivity contribution in [3.63, 3.8) is 0 Å². The van der Waals surface area contributed by atoms with Gasteiger partial charge >= 0.3 is 0 Å².